The van der Waals surface area contributed by atoms with E-state index >= 15 is 0 Å². The number of hydrogen-bond acceptors (Lipinski definition) is 3. The van der Waals surface area contributed by atoms with Gasteiger partial charge in [0.1, 0.15) is 11.5 Å². The number of hydrogen-bond donors (Lipinski definition) is 0. The fraction of sp³-hybridized carbons (Fsp3) is 0.175. The number of pyridine rings is 1. The molecule has 7 heteroatoms. The third kappa shape index (κ3) is 6.00. The number of aryl methyl sites for hydroxylation is 3. The van der Waals surface area contributed by atoms with E-state index < -0.39 is 0 Å². The van der Waals surface area contributed by atoms with Gasteiger partial charge in [-0.1, -0.05) is 68.8 Å². The normalized spacial score (nSPS) is 11.4. The molecule has 6 nitrogen and oxygen atoms in total. The van der Waals surface area contributed by atoms with Crippen molar-refractivity contribution in [3.63, 3.8) is 0 Å². The Bertz CT molecular complexity index is 2310. The number of ether oxygens (including phenoxy) is 1. The fourth-order valence-corrected chi connectivity index (χ4v) is 6.10. The SMILES string of the molecule is [C-]#[N+]c1cc(Oc2[c-]c3c(cc2)c2ccccc2n3-c2cc(C)ccn2)[c-]c(-c2cn(-c3c(C)cc(C(C)(C)C)cc3C)cn2)c1.[Pt+2]. The Balaban J connectivity index is 0.00000386. The van der Waals surface area contributed by atoms with Crippen LogP contribution in [0.1, 0.15) is 43.0 Å². The Morgan fingerprint density at radius 2 is 1.60 bits per heavy atom. The number of rotatable bonds is 5. The van der Waals surface area contributed by atoms with Gasteiger partial charge in [-0.2, -0.15) is 6.07 Å². The summed E-state index contributed by atoms with van der Waals surface area (Å²) in [5, 5.41) is 2.17. The van der Waals surface area contributed by atoms with Gasteiger partial charge in [-0.05, 0) is 78.2 Å². The molecule has 7 rings (SSSR count). The van der Waals surface area contributed by atoms with Crippen molar-refractivity contribution in [3.05, 3.63) is 137 Å². The van der Waals surface area contributed by atoms with Crippen molar-refractivity contribution in [2.75, 3.05) is 0 Å². The van der Waals surface area contributed by atoms with E-state index in [4.69, 9.17) is 16.3 Å². The monoisotopic (exact) mass is 794 g/mol. The molecule has 3 aromatic heterocycles. The van der Waals surface area contributed by atoms with E-state index in [-0.39, 0.29) is 26.5 Å². The molecule has 0 bridgehead atoms. The zero-order valence-corrected chi connectivity index (χ0v) is 29.4. The predicted octanol–water partition coefficient (Wildman–Crippen LogP) is 10.2. The summed E-state index contributed by atoms with van der Waals surface area (Å²) in [5.41, 5.74) is 9.69. The van der Waals surface area contributed by atoms with Crippen LogP contribution in [0.15, 0.2) is 91.5 Å². The average molecular weight is 795 g/mol. The Hall–Kier alpha value is -4.98. The molecule has 0 aliphatic carbocycles. The van der Waals surface area contributed by atoms with E-state index in [1.54, 1.807) is 12.1 Å². The van der Waals surface area contributed by atoms with E-state index in [1.807, 2.05) is 53.6 Å². The summed E-state index contributed by atoms with van der Waals surface area (Å²) < 4.78 is 10.5. The van der Waals surface area contributed by atoms with Gasteiger partial charge in [0.2, 0.25) is 0 Å². The van der Waals surface area contributed by atoms with E-state index in [9.17, 15) is 0 Å². The van der Waals surface area contributed by atoms with Gasteiger partial charge in [0.15, 0.2) is 0 Å². The van der Waals surface area contributed by atoms with Crippen molar-refractivity contribution < 1.29 is 25.8 Å². The molecule has 7 aromatic rings. The van der Waals surface area contributed by atoms with Crippen molar-refractivity contribution >= 4 is 27.5 Å². The molecule has 0 N–H and O–H groups in total. The van der Waals surface area contributed by atoms with E-state index in [0.29, 0.717) is 28.4 Å². The second kappa shape index (κ2) is 12.3. The van der Waals surface area contributed by atoms with Crippen molar-refractivity contribution in [1.82, 2.24) is 19.1 Å². The second-order valence-electron chi connectivity index (χ2n) is 12.8. The Morgan fingerprint density at radius 1 is 0.830 bits per heavy atom. The van der Waals surface area contributed by atoms with Crippen molar-refractivity contribution in [2.24, 2.45) is 0 Å². The van der Waals surface area contributed by atoms with Crippen molar-refractivity contribution in [3.8, 4) is 34.3 Å². The molecule has 0 aliphatic heterocycles. The molecular formula is C40H33N5OPt. The number of benzene rings is 4. The molecule has 0 spiro atoms. The van der Waals surface area contributed by atoms with Crippen LogP contribution in [0.5, 0.6) is 11.5 Å². The van der Waals surface area contributed by atoms with Crippen LogP contribution < -0.4 is 4.74 Å². The van der Waals surface area contributed by atoms with Gasteiger partial charge in [-0.15, -0.1) is 29.1 Å². The Morgan fingerprint density at radius 3 is 2.32 bits per heavy atom. The molecular weight excluding hydrogens is 762 g/mol. The van der Waals surface area contributed by atoms with Crippen LogP contribution in [0, 0.1) is 39.5 Å². The zero-order valence-electron chi connectivity index (χ0n) is 27.1. The maximum absolute atomic E-state index is 7.77. The van der Waals surface area contributed by atoms with E-state index in [1.165, 1.54) is 16.7 Å². The van der Waals surface area contributed by atoms with Crippen LogP contribution in [-0.2, 0) is 26.5 Å². The van der Waals surface area contributed by atoms with Crippen LogP contribution in [0.3, 0.4) is 0 Å². The van der Waals surface area contributed by atoms with Crippen molar-refractivity contribution in [2.45, 2.75) is 47.0 Å². The Labute approximate surface area is 289 Å². The average Bonchev–Trinajstić information content (AvgIpc) is 3.63. The third-order valence-electron chi connectivity index (χ3n) is 8.34. The van der Waals surface area contributed by atoms with Crippen LogP contribution in [0.2, 0.25) is 0 Å². The number of fused-ring (bicyclic) bond motifs is 3. The molecule has 4 aromatic carbocycles. The van der Waals surface area contributed by atoms with Gasteiger partial charge >= 0.3 is 21.1 Å². The number of imidazole rings is 1. The minimum Gasteiger partial charge on any atom is -0.504 e. The Kier molecular flexibility index (Phi) is 8.38. The number of para-hydroxylation sites is 1. The molecule has 234 valence electrons. The van der Waals surface area contributed by atoms with Gasteiger partial charge < -0.3 is 13.9 Å². The first-order valence-corrected chi connectivity index (χ1v) is 15.3. The molecule has 0 saturated carbocycles. The second-order valence-corrected chi connectivity index (χ2v) is 12.8. The molecule has 47 heavy (non-hydrogen) atoms. The first-order chi connectivity index (χ1) is 22.1. The molecule has 0 saturated heterocycles. The molecule has 0 atom stereocenters. The van der Waals surface area contributed by atoms with Gasteiger partial charge in [-0.25, -0.2) is 4.98 Å². The summed E-state index contributed by atoms with van der Waals surface area (Å²) in [7, 11) is 0. The quantitative estimate of drug-likeness (QED) is 0.163. The number of aromatic nitrogens is 4. The molecule has 3 heterocycles. The molecule has 0 radical (unpaired) electrons. The minimum atomic E-state index is 0. The third-order valence-corrected chi connectivity index (χ3v) is 8.34. The van der Waals surface area contributed by atoms with Gasteiger partial charge in [0, 0.05) is 28.9 Å². The fourth-order valence-electron chi connectivity index (χ4n) is 6.10. The summed E-state index contributed by atoms with van der Waals surface area (Å²) in [6.07, 6.45) is 5.63. The topological polar surface area (TPSA) is 49.2 Å². The van der Waals surface area contributed by atoms with E-state index in [0.717, 1.165) is 38.9 Å². The first-order valence-electron chi connectivity index (χ1n) is 15.3. The summed E-state index contributed by atoms with van der Waals surface area (Å²) in [4.78, 5) is 13.1. The maximum atomic E-state index is 7.77. The summed E-state index contributed by atoms with van der Waals surface area (Å²) in [6.45, 7) is 20.8. The van der Waals surface area contributed by atoms with E-state index in [2.05, 4.69) is 98.4 Å². The number of nitrogens with zero attached hydrogens (tertiary/aromatic N) is 5. The largest absolute Gasteiger partial charge is 2.00 e. The molecule has 0 amide bonds. The maximum Gasteiger partial charge on any atom is 2.00 e. The zero-order chi connectivity index (χ0) is 32.2. The van der Waals surface area contributed by atoms with Crippen molar-refractivity contribution in [1.29, 1.82) is 0 Å². The summed E-state index contributed by atoms with van der Waals surface area (Å²) in [6, 6.07) is 31.1. The summed E-state index contributed by atoms with van der Waals surface area (Å²) >= 11 is 0. The minimum absolute atomic E-state index is 0. The van der Waals surface area contributed by atoms with Crippen LogP contribution in [0.4, 0.5) is 5.69 Å². The van der Waals surface area contributed by atoms with Crippen LogP contribution in [0.25, 0.3) is 49.4 Å². The molecule has 0 fully saturated rings. The van der Waals surface area contributed by atoms with Crippen LogP contribution in [-0.4, -0.2) is 19.1 Å². The van der Waals surface area contributed by atoms with Gasteiger partial charge in [0.25, 0.3) is 0 Å². The smallest absolute Gasteiger partial charge is 0.504 e. The molecule has 0 unspecified atom stereocenters. The predicted molar refractivity (Wildman–Crippen MR) is 184 cm³/mol. The van der Waals surface area contributed by atoms with Gasteiger partial charge in [-0.3, -0.25) is 9.83 Å². The molecule has 0 aliphatic rings. The summed E-state index contributed by atoms with van der Waals surface area (Å²) in [5.74, 6) is 1.76. The standard InChI is InChI=1S/C40H33N5O.Pt/c1-25-14-15-42-38(16-25)45-36-11-9-8-10-33(36)34-13-12-31(22-37(34)45)46-32-20-28(19-30(21-32)41-7)35-23-44(24-43-35)39-26(2)17-29(18-27(39)3)40(4,5)6;/h8-19,21,23-24H,1-6H3;/q-2;+2. The first kappa shape index (κ1) is 32.0. The van der Waals surface area contributed by atoms with Crippen LogP contribution >= 0.6 is 0 Å². The van der Waals surface area contributed by atoms with Gasteiger partial charge in [0.05, 0.1) is 18.6 Å².